The van der Waals surface area contributed by atoms with Gasteiger partial charge in [0.2, 0.25) is 0 Å². The van der Waals surface area contributed by atoms with Gasteiger partial charge < -0.3 is 0 Å². The van der Waals surface area contributed by atoms with E-state index in [-0.39, 0.29) is 20.1 Å². The van der Waals surface area contributed by atoms with Gasteiger partial charge in [-0.3, -0.25) is 0 Å². The summed E-state index contributed by atoms with van der Waals surface area (Å²) in [6, 6.07) is 25.0. The van der Waals surface area contributed by atoms with Gasteiger partial charge in [0.15, 0.2) is 0 Å². The van der Waals surface area contributed by atoms with Crippen molar-refractivity contribution in [3.63, 3.8) is 0 Å². The summed E-state index contributed by atoms with van der Waals surface area (Å²) in [4.78, 5) is 18.3. The third-order valence-electron chi connectivity index (χ3n) is 5.75. The molecule has 0 spiro atoms. The quantitative estimate of drug-likeness (QED) is 0.196. The first-order valence-corrected chi connectivity index (χ1v) is 10.9. The van der Waals surface area contributed by atoms with Crippen LogP contribution < -0.4 is 5.56 Å². The van der Waals surface area contributed by atoms with Crippen molar-refractivity contribution in [2.75, 3.05) is 0 Å². The molecule has 0 fully saturated rings. The fourth-order valence-corrected chi connectivity index (χ4v) is 6.92. The summed E-state index contributed by atoms with van der Waals surface area (Å²) in [7, 11) is 0. The number of pyridine rings is 1. The van der Waals surface area contributed by atoms with Crippen LogP contribution in [0.2, 0.25) is 0 Å². The van der Waals surface area contributed by atoms with Crippen molar-refractivity contribution < 1.29 is 0 Å². The third kappa shape index (κ3) is 1.66. The Labute approximate surface area is 164 Å². The van der Waals surface area contributed by atoms with Gasteiger partial charge >= 0.3 is 165 Å². The summed E-state index contributed by atoms with van der Waals surface area (Å²) < 4.78 is 4.52. The van der Waals surface area contributed by atoms with Crippen LogP contribution in [0.1, 0.15) is 0 Å². The summed E-state index contributed by atoms with van der Waals surface area (Å²) in [5.41, 5.74) is 2.51. The molecule has 0 N–H and O–H groups in total. The number of imidazole rings is 1. The van der Waals surface area contributed by atoms with Gasteiger partial charge in [-0.05, 0) is 0 Å². The standard InChI is InChI=1S/C24H12N2OSe/c27-24-16-10-9-14-13-5-1-4-8-19(13)28-20-12-11-15(21(16)22(14)20)23-25-17-6-2-3-7-18(17)26(23)24/h1-12H. The molecule has 0 saturated carbocycles. The summed E-state index contributed by atoms with van der Waals surface area (Å²) >= 11 is 0.237. The molecule has 0 atom stereocenters. The van der Waals surface area contributed by atoms with Gasteiger partial charge in [0.05, 0.1) is 0 Å². The fourth-order valence-electron chi connectivity index (χ4n) is 4.57. The molecule has 0 saturated heterocycles. The molecule has 4 heteroatoms. The van der Waals surface area contributed by atoms with E-state index in [1.165, 1.54) is 24.7 Å². The Kier molecular flexibility index (Phi) is 2.64. The van der Waals surface area contributed by atoms with Crippen LogP contribution in [-0.4, -0.2) is 23.9 Å². The zero-order valence-corrected chi connectivity index (χ0v) is 16.4. The summed E-state index contributed by atoms with van der Waals surface area (Å²) in [5, 5.41) is 6.67. The van der Waals surface area contributed by atoms with Gasteiger partial charge in [0.25, 0.3) is 0 Å². The van der Waals surface area contributed by atoms with Crippen LogP contribution in [-0.2, 0) is 0 Å². The Morgan fingerprint density at radius 2 is 1.46 bits per heavy atom. The molecule has 130 valence electrons. The predicted molar refractivity (Wildman–Crippen MR) is 117 cm³/mol. The first-order chi connectivity index (χ1) is 13.8. The van der Waals surface area contributed by atoms with Crippen molar-refractivity contribution in [3.05, 3.63) is 83.2 Å². The monoisotopic (exact) mass is 424 g/mol. The molecule has 4 aromatic carbocycles. The number of benzene rings is 4. The van der Waals surface area contributed by atoms with Crippen LogP contribution >= 0.6 is 0 Å². The van der Waals surface area contributed by atoms with Crippen molar-refractivity contribution in [1.29, 1.82) is 0 Å². The second kappa shape index (κ2) is 4.99. The Morgan fingerprint density at radius 3 is 2.43 bits per heavy atom. The third-order valence-corrected chi connectivity index (χ3v) is 8.14. The van der Waals surface area contributed by atoms with Crippen molar-refractivity contribution in [1.82, 2.24) is 9.38 Å². The molecule has 0 bridgehead atoms. The summed E-state index contributed by atoms with van der Waals surface area (Å²) in [6.45, 7) is 0. The molecule has 0 aliphatic heterocycles. The van der Waals surface area contributed by atoms with E-state index in [2.05, 4.69) is 42.5 Å². The molecule has 7 rings (SSSR count). The number of rotatable bonds is 0. The van der Waals surface area contributed by atoms with Crippen LogP contribution in [0, 0.1) is 0 Å². The Balaban J connectivity index is 1.87. The van der Waals surface area contributed by atoms with E-state index in [4.69, 9.17) is 4.98 Å². The van der Waals surface area contributed by atoms with E-state index in [1.807, 2.05) is 30.3 Å². The van der Waals surface area contributed by atoms with E-state index < -0.39 is 0 Å². The minimum atomic E-state index is 0.0197. The van der Waals surface area contributed by atoms with Gasteiger partial charge in [-0.15, -0.1) is 0 Å². The van der Waals surface area contributed by atoms with Crippen molar-refractivity contribution in [3.8, 4) is 0 Å². The van der Waals surface area contributed by atoms with E-state index in [9.17, 15) is 4.79 Å². The predicted octanol–water partition coefficient (Wildman–Crippen LogP) is 4.96. The zero-order chi connectivity index (χ0) is 18.4. The Hall–Kier alpha value is -3.20. The van der Waals surface area contributed by atoms with Crippen molar-refractivity contribution in [2.24, 2.45) is 0 Å². The van der Waals surface area contributed by atoms with Crippen molar-refractivity contribution in [2.45, 2.75) is 0 Å². The number of hydrogen-bond donors (Lipinski definition) is 0. The number of nitrogens with zero attached hydrogens (tertiary/aromatic N) is 2. The van der Waals surface area contributed by atoms with Gasteiger partial charge in [-0.1, -0.05) is 0 Å². The van der Waals surface area contributed by atoms with Gasteiger partial charge in [-0.25, -0.2) is 0 Å². The Morgan fingerprint density at radius 1 is 0.679 bits per heavy atom. The molecule has 3 nitrogen and oxygen atoms in total. The van der Waals surface area contributed by atoms with Crippen LogP contribution in [0.25, 0.3) is 57.5 Å². The van der Waals surface area contributed by atoms with Crippen LogP contribution in [0.4, 0.5) is 0 Å². The molecule has 0 radical (unpaired) electrons. The first-order valence-electron chi connectivity index (χ1n) is 9.21. The van der Waals surface area contributed by atoms with Crippen LogP contribution in [0.15, 0.2) is 77.6 Å². The fraction of sp³-hybridized carbons (Fsp3) is 0. The van der Waals surface area contributed by atoms with E-state index in [0.29, 0.717) is 0 Å². The summed E-state index contributed by atoms with van der Waals surface area (Å²) in [6.07, 6.45) is 0. The number of para-hydroxylation sites is 2. The average Bonchev–Trinajstić information content (AvgIpc) is 3.13. The zero-order valence-electron chi connectivity index (χ0n) is 14.6. The van der Waals surface area contributed by atoms with E-state index in [0.717, 1.165) is 32.8 Å². The van der Waals surface area contributed by atoms with Crippen molar-refractivity contribution >= 4 is 72.0 Å². The number of hydrogen-bond acceptors (Lipinski definition) is 2. The second-order valence-electron chi connectivity index (χ2n) is 7.18. The topological polar surface area (TPSA) is 34.4 Å². The van der Waals surface area contributed by atoms with E-state index in [1.54, 1.807) is 4.40 Å². The molecule has 7 aromatic rings. The minimum absolute atomic E-state index is 0.0197. The van der Waals surface area contributed by atoms with Crippen LogP contribution in [0.5, 0.6) is 0 Å². The number of fused-ring (bicyclic) bond motifs is 6. The first kappa shape index (κ1) is 14.8. The SMILES string of the molecule is O=c1c2ccc3c4ccccc4[se]c4ccc(c2c43)c2nc3ccccc3n12. The maximum atomic E-state index is 13.5. The maximum absolute atomic E-state index is 13.5. The average molecular weight is 423 g/mol. The second-order valence-corrected chi connectivity index (χ2v) is 9.46. The number of aromatic nitrogens is 2. The van der Waals surface area contributed by atoms with Gasteiger partial charge in [-0.2, -0.15) is 0 Å². The normalized spacial score (nSPS) is 12.4. The van der Waals surface area contributed by atoms with Gasteiger partial charge in [0.1, 0.15) is 0 Å². The molecule has 3 aromatic heterocycles. The molecular formula is C24H12N2OSe. The molecule has 0 aliphatic rings. The van der Waals surface area contributed by atoms with Gasteiger partial charge in [0, 0.05) is 0 Å². The molecule has 0 aliphatic carbocycles. The molecule has 0 unspecified atom stereocenters. The molecular weight excluding hydrogens is 411 g/mol. The molecule has 28 heavy (non-hydrogen) atoms. The molecule has 3 heterocycles. The Bertz CT molecular complexity index is 1790. The van der Waals surface area contributed by atoms with Crippen LogP contribution in [0.3, 0.4) is 0 Å². The van der Waals surface area contributed by atoms with E-state index >= 15 is 0 Å². The molecule has 0 amide bonds. The summed E-state index contributed by atoms with van der Waals surface area (Å²) in [5.74, 6) is 0.